The number of ketones is 1. The Hall–Kier alpha value is -1.50. The molecular weight excluding hydrogens is 508 g/mol. The predicted octanol–water partition coefficient (Wildman–Crippen LogP) is 6.83. The molecule has 5 nitrogen and oxygen atoms in total. The number of ether oxygens (including phenoxy) is 2. The summed E-state index contributed by atoms with van der Waals surface area (Å²) in [5, 5.41) is 10.5. The van der Waals surface area contributed by atoms with Crippen LogP contribution in [0.25, 0.3) is 5.57 Å². The highest BCUT2D eigenvalue weighted by atomic mass is 32.1. The van der Waals surface area contributed by atoms with Crippen LogP contribution < -0.4 is 0 Å². The average Bonchev–Trinajstić information content (AvgIpc) is 3.23. The molecule has 0 amide bonds. The van der Waals surface area contributed by atoms with Crippen molar-refractivity contribution >= 4 is 28.7 Å². The summed E-state index contributed by atoms with van der Waals surface area (Å²) in [6, 6.07) is 3.89. The number of fused-ring (bicyclic) bond motifs is 4. The number of hydrogen-bond donors (Lipinski definition) is 1. The van der Waals surface area contributed by atoms with Gasteiger partial charge in [0.15, 0.2) is 5.78 Å². The largest absolute Gasteiger partial charge is 0.458 e. The fourth-order valence-corrected chi connectivity index (χ4v) is 11.8. The standard InChI is InChI=1S/C33H44O5S/c1-17-21(28-9-8-27(39-28)19(3)34)14-26(37-30(17)36)18(2)23-6-7-24-22-15-29-33(38-29)16-20(35)10-13-32(33,5)25(22)11-12-31(23,24)4/h8-9,18,20,22-26,29,35H,6-7,10-16H2,1-5H3/t18-,20-,22-,23+,24-,25-,26+,29-,31+,32+,33-/m0/s1. The van der Waals surface area contributed by atoms with Gasteiger partial charge in [0.2, 0.25) is 0 Å². The number of thiophene rings is 1. The lowest BCUT2D eigenvalue weighted by Crippen LogP contribution is -2.58. The molecule has 2 aliphatic heterocycles. The van der Waals surface area contributed by atoms with Crippen molar-refractivity contribution in [3.63, 3.8) is 0 Å². The number of aliphatic hydroxyl groups is 1. The Morgan fingerprint density at radius 1 is 1.13 bits per heavy atom. The van der Waals surface area contributed by atoms with Crippen molar-refractivity contribution in [2.75, 3.05) is 0 Å². The van der Waals surface area contributed by atoms with Crippen molar-refractivity contribution in [2.24, 2.45) is 40.4 Å². The number of epoxide rings is 1. The molecule has 6 heteroatoms. The highest BCUT2D eigenvalue weighted by molar-refractivity contribution is 7.15. The third-order valence-electron chi connectivity index (χ3n) is 13.0. The smallest absolute Gasteiger partial charge is 0.334 e. The SMILES string of the molecule is CC(=O)c1ccc(C2=C(C)C(=O)O[C@@H]([C@@H](C)[C@H]3CC[C@H]4[C@@H]5C[C@@H]6O[C@@]67C[C@@H](O)CC[C@]7(C)[C@H]5CC[C@]34C)C2)s1. The molecule has 5 fully saturated rings. The second-order valence-electron chi connectivity index (χ2n) is 14.5. The molecular formula is C33H44O5S. The quantitative estimate of drug-likeness (QED) is 0.252. The van der Waals surface area contributed by atoms with Crippen molar-refractivity contribution < 1.29 is 24.2 Å². The summed E-state index contributed by atoms with van der Waals surface area (Å²) in [5.74, 6) is 2.78. The number of carbonyl (C=O) groups is 2. The monoisotopic (exact) mass is 552 g/mol. The van der Waals surface area contributed by atoms with Crippen molar-refractivity contribution in [1.29, 1.82) is 0 Å². The Kier molecular flexibility index (Phi) is 5.92. The zero-order chi connectivity index (χ0) is 27.5. The van der Waals surface area contributed by atoms with E-state index >= 15 is 0 Å². The normalized spacial score (nSPS) is 47.4. The van der Waals surface area contributed by atoms with Crippen LogP contribution in [0.4, 0.5) is 0 Å². The van der Waals surface area contributed by atoms with Gasteiger partial charge in [0.1, 0.15) is 11.7 Å². The number of Topliss-reactive ketones (excluding diaryl/α,β-unsaturated/α-hetero) is 1. The first kappa shape index (κ1) is 26.4. The summed E-state index contributed by atoms with van der Waals surface area (Å²) in [4.78, 5) is 26.8. The topological polar surface area (TPSA) is 76.1 Å². The zero-order valence-corrected chi connectivity index (χ0v) is 24.9. The molecule has 1 aromatic heterocycles. The summed E-state index contributed by atoms with van der Waals surface area (Å²) in [7, 11) is 0. The molecule has 0 aromatic carbocycles. The summed E-state index contributed by atoms with van der Waals surface area (Å²) in [6.07, 6.45) is 9.71. The minimum absolute atomic E-state index is 0.0637. The Morgan fingerprint density at radius 2 is 1.92 bits per heavy atom. The van der Waals surface area contributed by atoms with Crippen molar-refractivity contribution in [2.45, 2.75) is 116 Å². The molecule has 1 N–H and O–H groups in total. The summed E-state index contributed by atoms with van der Waals surface area (Å²) >= 11 is 1.50. The Labute approximate surface area is 236 Å². The summed E-state index contributed by atoms with van der Waals surface area (Å²) in [5.41, 5.74) is 2.14. The third kappa shape index (κ3) is 3.62. The second-order valence-corrected chi connectivity index (χ2v) is 15.6. The van der Waals surface area contributed by atoms with E-state index in [1.54, 1.807) is 6.92 Å². The molecule has 1 spiro atoms. The van der Waals surface area contributed by atoms with Crippen LogP contribution in [0.3, 0.4) is 0 Å². The molecule has 4 saturated carbocycles. The van der Waals surface area contributed by atoms with E-state index in [2.05, 4.69) is 20.8 Å². The van der Waals surface area contributed by atoms with Gasteiger partial charge in [-0.15, -0.1) is 11.3 Å². The van der Waals surface area contributed by atoms with Gasteiger partial charge in [-0.1, -0.05) is 20.8 Å². The highest BCUT2D eigenvalue weighted by Gasteiger charge is 2.76. The van der Waals surface area contributed by atoms with E-state index in [1.807, 2.05) is 19.1 Å². The van der Waals surface area contributed by atoms with Gasteiger partial charge >= 0.3 is 5.97 Å². The van der Waals surface area contributed by atoms with E-state index < -0.39 is 0 Å². The van der Waals surface area contributed by atoms with E-state index in [4.69, 9.17) is 9.47 Å². The average molecular weight is 553 g/mol. The molecule has 0 unspecified atom stereocenters. The van der Waals surface area contributed by atoms with Gasteiger partial charge < -0.3 is 14.6 Å². The maximum absolute atomic E-state index is 13.1. The summed E-state index contributed by atoms with van der Waals surface area (Å²) in [6.45, 7) is 10.8. The van der Waals surface area contributed by atoms with Gasteiger partial charge in [0, 0.05) is 28.7 Å². The first-order valence-electron chi connectivity index (χ1n) is 15.4. The number of carbonyl (C=O) groups excluding carboxylic acids is 2. The van der Waals surface area contributed by atoms with Crippen molar-refractivity contribution in [3.8, 4) is 0 Å². The van der Waals surface area contributed by atoms with Crippen LogP contribution in [0.1, 0.15) is 107 Å². The molecule has 1 aromatic rings. The third-order valence-corrected chi connectivity index (χ3v) is 14.3. The lowest BCUT2D eigenvalue weighted by molar-refractivity contribution is -0.151. The molecule has 0 radical (unpaired) electrons. The van der Waals surface area contributed by atoms with Gasteiger partial charge in [0.25, 0.3) is 0 Å². The van der Waals surface area contributed by atoms with Gasteiger partial charge in [-0.25, -0.2) is 4.79 Å². The van der Waals surface area contributed by atoms with Gasteiger partial charge in [-0.05, 0) is 112 Å². The van der Waals surface area contributed by atoms with E-state index in [-0.39, 0.29) is 46.3 Å². The van der Waals surface area contributed by atoms with Crippen LogP contribution in [-0.4, -0.2) is 40.8 Å². The van der Waals surface area contributed by atoms with Crippen molar-refractivity contribution in [3.05, 3.63) is 27.5 Å². The summed E-state index contributed by atoms with van der Waals surface area (Å²) < 4.78 is 12.7. The molecule has 1 saturated heterocycles. The van der Waals surface area contributed by atoms with Gasteiger partial charge in [-0.3, -0.25) is 4.79 Å². The Morgan fingerprint density at radius 3 is 2.67 bits per heavy atom. The van der Waals surface area contributed by atoms with Crippen LogP contribution in [0, 0.1) is 40.4 Å². The van der Waals surface area contributed by atoms with E-state index in [0.717, 1.165) is 47.4 Å². The maximum Gasteiger partial charge on any atom is 0.334 e. The van der Waals surface area contributed by atoms with Crippen LogP contribution in [0.5, 0.6) is 0 Å². The minimum Gasteiger partial charge on any atom is -0.458 e. The van der Waals surface area contributed by atoms with Crippen molar-refractivity contribution in [1.82, 2.24) is 0 Å². The first-order valence-corrected chi connectivity index (χ1v) is 16.2. The second kappa shape index (κ2) is 8.75. The fourth-order valence-electron chi connectivity index (χ4n) is 10.8. The van der Waals surface area contributed by atoms with E-state index in [9.17, 15) is 14.7 Å². The fraction of sp³-hybridized carbons (Fsp3) is 0.758. The van der Waals surface area contributed by atoms with Crippen LogP contribution >= 0.6 is 11.3 Å². The molecule has 39 heavy (non-hydrogen) atoms. The van der Waals surface area contributed by atoms with Crippen LogP contribution in [0.2, 0.25) is 0 Å². The maximum atomic E-state index is 13.1. The van der Waals surface area contributed by atoms with Gasteiger partial charge in [-0.2, -0.15) is 0 Å². The van der Waals surface area contributed by atoms with E-state index in [1.165, 1.54) is 37.0 Å². The van der Waals surface area contributed by atoms with E-state index in [0.29, 0.717) is 35.3 Å². The lowest BCUT2D eigenvalue weighted by atomic mass is 9.44. The van der Waals surface area contributed by atoms with Gasteiger partial charge in [0.05, 0.1) is 17.1 Å². The molecule has 7 rings (SSSR count). The predicted molar refractivity (Wildman–Crippen MR) is 151 cm³/mol. The molecule has 3 heterocycles. The molecule has 0 bridgehead atoms. The number of aliphatic hydroxyl groups excluding tert-OH is 1. The Balaban J connectivity index is 1.12. The number of hydrogen-bond acceptors (Lipinski definition) is 6. The van der Waals surface area contributed by atoms with Crippen LogP contribution in [-0.2, 0) is 14.3 Å². The molecule has 4 aliphatic carbocycles. The molecule has 212 valence electrons. The number of cyclic esters (lactones) is 1. The van der Waals surface area contributed by atoms with Crippen LogP contribution in [0.15, 0.2) is 17.7 Å². The number of rotatable bonds is 4. The first-order chi connectivity index (χ1) is 18.5. The zero-order valence-electron chi connectivity index (χ0n) is 24.1. The Bertz CT molecular complexity index is 1250. The minimum atomic E-state index is -0.200. The lowest BCUT2D eigenvalue weighted by Gasteiger charge is -2.59. The molecule has 6 aliphatic rings. The highest BCUT2D eigenvalue weighted by Crippen LogP contribution is 2.74. The molecule has 11 atom stereocenters. The number of esters is 1.